The molecule has 5 heteroatoms. The fraction of sp³-hybridized carbons (Fsp3) is 0.118. The lowest BCUT2D eigenvalue weighted by Gasteiger charge is -2.08. The summed E-state index contributed by atoms with van der Waals surface area (Å²) in [5, 5.41) is 10.9. The van der Waals surface area contributed by atoms with E-state index in [-0.39, 0.29) is 12.3 Å². The van der Waals surface area contributed by atoms with E-state index >= 15 is 0 Å². The third-order valence-electron chi connectivity index (χ3n) is 3.00. The van der Waals surface area contributed by atoms with Gasteiger partial charge in [-0.25, -0.2) is 4.79 Å². The lowest BCUT2D eigenvalue weighted by Crippen LogP contribution is -2.02. The van der Waals surface area contributed by atoms with E-state index in [2.05, 4.69) is 0 Å². The number of hydrogen-bond donors (Lipinski definition) is 0. The Morgan fingerprint density at radius 1 is 1.14 bits per heavy atom. The molecular formula is C17H15NO4. The van der Waals surface area contributed by atoms with E-state index in [1.165, 1.54) is 18.2 Å². The number of rotatable bonds is 5. The van der Waals surface area contributed by atoms with Gasteiger partial charge < -0.3 is 4.74 Å². The summed E-state index contributed by atoms with van der Waals surface area (Å²) in [6.45, 7) is 1.99. The molecule has 0 spiro atoms. The molecule has 0 aromatic heterocycles. The van der Waals surface area contributed by atoms with Gasteiger partial charge in [-0.1, -0.05) is 42.5 Å². The second-order valence-electron chi connectivity index (χ2n) is 4.48. The maximum atomic E-state index is 11.8. The van der Waals surface area contributed by atoms with Crippen molar-refractivity contribution in [2.24, 2.45) is 0 Å². The first kappa shape index (κ1) is 15.4. The Balaban J connectivity index is 2.51. The lowest BCUT2D eigenvalue weighted by atomic mass is 9.97. The van der Waals surface area contributed by atoms with E-state index in [4.69, 9.17) is 4.74 Å². The molecule has 0 N–H and O–H groups in total. The summed E-state index contributed by atoms with van der Waals surface area (Å²) in [6, 6.07) is 15.4. The van der Waals surface area contributed by atoms with Crippen molar-refractivity contribution < 1.29 is 14.5 Å². The minimum Gasteiger partial charge on any atom is -0.463 e. The maximum absolute atomic E-state index is 11.8. The number of nitro benzene ring substituents is 1. The zero-order valence-corrected chi connectivity index (χ0v) is 12.1. The van der Waals surface area contributed by atoms with Crippen LogP contribution in [0.4, 0.5) is 5.69 Å². The topological polar surface area (TPSA) is 69.4 Å². The fourth-order valence-electron chi connectivity index (χ4n) is 2.04. The van der Waals surface area contributed by atoms with Crippen molar-refractivity contribution >= 4 is 17.2 Å². The predicted octanol–water partition coefficient (Wildman–Crippen LogP) is 3.59. The van der Waals surface area contributed by atoms with Gasteiger partial charge in [-0.05, 0) is 23.6 Å². The van der Waals surface area contributed by atoms with Gasteiger partial charge in [0.25, 0.3) is 5.69 Å². The Bertz CT molecular complexity index is 708. The summed E-state index contributed by atoms with van der Waals surface area (Å²) >= 11 is 0. The highest BCUT2D eigenvalue weighted by atomic mass is 16.6. The van der Waals surface area contributed by atoms with Gasteiger partial charge in [-0.2, -0.15) is 0 Å². The average Bonchev–Trinajstić information content (AvgIpc) is 2.54. The smallest absolute Gasteiger partial charge is 0.331 e. The highest BCUT2D eigenvalue weighted by Gasteiger charge is 2.12. The molecule has 0 unspecified atom stereocenters. The molecule has 5 nitrogen and oxygen atoms in total. The summed E-state index contributed by atoms with van der Waals surface area (Å²) in [4.78, 5) is 22.3. The Hall–Kier alpha value is -2.95. The van der Waals surface area contributed by atoms with Crippen molar-refractivity contribution in [2.75, 3.05) is 6.61 Å². The van der Waals surface area contributed by atoms with Crippen LogP contribution in [0.1, 0.15) is 18.1 Å². The minimum absolute atomic E-state index is 0.0248. The minimum atomic E-state index is -0.479. The van der Waals surface area contributed by atoms with Crippen LogP contribution in [0.3, 0.4) is 0 Å². The SMILES string of the molecule is CCOC(=O)C=C(c1ccccc1)c1cccc([N+](=O)[O-])c1. The number of non-ortho nitro benzene ring substituents is 1. The van der Waals surface area contributed by atoms with E-state index in [1.54, 1.807) is 19.1 Å². The van der Waals surface area contributed by atoms with Crippen LogP contribution in [0, 0.1) is 10.1 Å². The van der Waals surface area contributed by atoms with Gasteiger partial charge in [0, 0.05) is 18.2 Å². The molecule has 112 valence electrons. The molecule has 0 saturated heterocycles. The van der Waals surface area contributed by atoms with Gasteiger partial charge in [0.05, 0.1) is 11.5 Å². The molecule has 0 fully saturated rings. The van der Waals surface area contributed by atoms with Crippen molar-refractivity contribution in [3.05, 3.63) is 81.9 Å². The molecule has 2 aromatic rings. The average molecular weight is 297 g/mol. The number of nitrogens with zero attached hydrogens (tertiary/aromatic N) is 1. The van der Waals surface area contributed by atoms with Crippen LogP contribution < -0.4 is 0 Å². The van der Waals surface area contributed by atoms with Crippen molar-refractivity contribution in [1.29, 1.82) is 0 Å². The Kier molecular flexibility index (Phi) is 5.03. The van der Waals surface area contributed by atoms with E-state index in [0.29, 0.717) is 11.1 Å². The molecular weight excluding hydrogens is 282 g/mol. The second-order valence-corrected chi connectivity index (χ2v) is 4.48. The monoisotopic (exact) mass is 297 g/mol. The quantitative estimate of drug-likeness (QED) is 0.366. The van der Waals surface area contributed by atoms with Crippen LogP contribution in [0.5, 0.6) is 0 Å². The largest absolute Gasteiger partial charge is 0.463 e. The van der Waals surface area contributed by atoms with Gasteiger partial charge in [0.15, 0.2) is 0 Å². The Morgan fingerprint density at radius 3 is 2.45 bits per heavy atom. The van der Waals surface area contributed by atoms with E-state index in [0.717, 1.165) is 5.56 Å². The third-order valence-corrected chi connectivity index (χ3v) is 3.00. The van der Waals surface area contributed by atoms with E-state index < -0.39 is 10.9 Å². The van der Waals surface area contributed by atoms with Crippen LogP contribution in [-0.4, -0.2) is 17.5 Å². The normalized spacial score (nSPS) is 11.0. The molecule has 0 radical (unpaired) electrons. The number of nitro groups is 1. The summed E-state index contributed by atoms with van der Waals surface area (Å²) in [6.07, 6.45) is 1.36. The lowest BCUT2D eigenvalue weighted by molar-refractivity contribution is -0.384. The van der Waals surface area contributed by atoms with E-state index in [9.17, 15) is 14.9 Å². The molecule has 0 heterocycles. The number of carbonyl (C=O) groups excluding carboxylic acids is 1. The molecule has 0 bridgehead atoms. The van der Waals surface area contributed by atoms with Gasteiger partial charge in [0.2, 0.25) is 0 Å². The summed E-state index contributed by atoms with van der Waals surface area (Å²) in [5.74, 6) is -0.479. The van der Waals surface area contributed by atoms with E-state index in [1.807, 2.05) is 30.3 Å². The standard InChI is InChI=1S/C17H15NO4/c1-2-22-17(19)12-16(13-7-4-3-5-8-13)14-9-6-10-15(11-14)18(20)21/h3-12H,2H2,1H3. The molecule has 0 atom stereocenters. The molecule has 2 rings (SSSR count). The maximum Gasteiger partial charge on any atom is 0.331 e. The van der Waals surface area contributed by atoms with Crippen molar-refractivity contribution in [1.82, 2.24) is 0 Å². The number of hydrogen-bond acceptors (Lipinski definition) is 4. The zero-order valence-electron chi connectivity index (χ0n) is 12.1. The van der Waals surface area contributed by atoms with Gasteiger partial charge in [-0.3, -0.25) is 10.1 Å². The molecule has 0 aliphatic rings. The van der Waals surface area contributed by atoms with Crippen LogP contribution in [0.2, 0.25) is 0 Å². The predicted molar refractivity (Wildman–Crippen MR) is 83.3 cm³/mol. The van der Waals surface area contributed by atoms with Crippen LogP contribution in [0.15, 0.2) is 60.7 Å². The van der Waals surface area contributed by atoms with Crippen molar-refractivity contribution in [3.63, 3.8) is 0 Å². The number of carbonyl (C=O) groups is 1. The number of esters is 1. The van der Waals surface area contributed by atoms with Crippen molar-refractivity contribution in [2.45, 2.75) is 6.92 Å². The summed E-state index contributed by atoms with van der Waals surface area (Å²) in [5.41, 5.74) is 1.94. The first-order chi connectivity index (χ1) is 10.6. The first-order valence-corrected chi connectivity index (χ1v) is 6.80. The first-order valence-electron chi connectivity index (χ1n) is 6.80. The molecule has 0 amide bonds. The third kappa shape index (κ3) is 3.79. The number of ether oxygens (including phenoxy) is 1. The molecule has 0 aliphatic heterocycles. The summed E-state index contributed by atoms with van der Waals surface area (Å²) < 4.78 is 4.94. The molecule has 22 heavy (non-hydrogen) atoms. The highest BCUT2D eigenvalue weighted by molar-refractivity contribution is 5.96. The van der Waals surface area contributed by atoms with Gasteiger partial charge in [0.1, 0.15) is 0 Å². The molecule has 0 saturated carbocycles. The van der Waals surface area contributed by atoms with Crippen LogP contribution in [-0.2, 0) is 9.53 Å². The second kappa shape index (κ2) is 7.17. The Morgan fingerprint density at radius 2 is 1.82 bits per heavy atom. The highest BCUT2D eigenvalue weighted by Crippen LogP contribution is 2.26. The van der Waals surface area contributed by atoms with Crippen LogP contribution >= 0.6 is 0 Å². The van der Waals surface area contributed by atoms with Gasteiger partial charge in [-0.15, -0.1) is 0 Å². The van der Waals surface area contributed by atoms with Crippen LogP contribution in [0.25, 0.3) is 5.57 Å². The van der Waals surface area contributed by atoms with Crippen molar-refractivity contribution in [3.8, 4) is 0 Å². The fourth-order valence-corrected chi connectivity index (χ4v) is 2.04. The van der Waals surface area contributed by atoms with Gasteiger partial charge >= 0.3 is 5.97 Å². The molecule has 0 aliphatic carbocycles. The summed E-state index contributed by atoms with van der Waals surface area (Å²) in [7, 11) is 0. The number of benzene rings is 2. The molecule has 2 aromatic carbocycles. The Labute approximate surface area is 128 Å². The zero-order chi connectivity index (χ0) is 15.9.